The maximum absolute atomic E-state index is 11.1. The lowest BCUT2D eigenvalue weighted by molar-refractivity contribution is 0.112. The Kier molecular flexibility index (Phi) is 3.40. The predicted octanol–water partition coefficient (Wildman–Crippen LogP) is 5.10. The number of carbonyl (C=O) groups excluding carboxylic acids is 1. The zero-order valence-corrected chi connectivity index (χ0v) is 11.3. The largest absolute Gasteiger partial charge is 0.454 e. The number of fused-ring (bicyclic) bond motifs is 1. The van der Waals surface area contributed by atoms with Gasteiger partial charge in [-0.15, -0.1) is 0 Å². The molecule has 3 rings (SSSR count). The molecule has 0 heterocycles. The van der Waals surface area contributed by atoms with E-state index in [0.29, 0.717) is 22.1 Å². The number of benzene rings is 3. The molecule has 0 radical (unpaired) electrons. The molecule has 3 aromatic rings. The van der Waals surface area contributed by atoms with Gasteiger partial charge in [0.05, 0.1) is 10.6 Å². The van der Waals surface area contributed by atoms with E-state index in [4.69, 9.17) is 16.3 Å². The van der Waals surface area contributed by atoms with Gasteiger partial charge in [0, 0.05) is 5.39 Å². The summed E-state index contributed by atoms with van der Waals surface area (Å²) in [5.41, 5.74) is 0.436. The Bertz CT molecular complexity index is 776. The molecular weight excluding hydrogens is 272 g/mol. The van der Waals surface area contributed by atoms with E-state index < -0.39 is 0 Å². The first-order valence-electron chi connectivity index (χ1n) is 6.19. The van der Waals surface area contributed by atoms with Gasteiger partial charge in [-0.05, 0) is 23.6 Å². The van der Waals surface area contributed by atoms with Crippen LogP contribution >= 0.6 is 11.6 Å². The smallest absolute Gasteiger partial charge is 0.156 e. The molecule has 0 saturated heterocycles. The van der Waals surface area contributed by atoms with Gasteiger partial charge in [-0.1, -0.05) is 54.1 Å². The van der Waals surface area contributed by atoms with E-state index in [9.17, 15) is 4.79 Å². The van der Waals surface area contributed by atoms with E-state index in [-0.39, 0.29) is 0 Å². The van der Waals surface area contributed by atoms with Crippen LogP contribution in [0.5, 0.6) is 11.5 Å². The monoisotopic (exact) mass is 282 g/mol. The molecule has 0 bridgehead atoms. The van der Waals surface area contributed by atoms with Gasteiger partial charge in [-0.2, -0.15) is 0 Å². The summed E-state index contributed by atoms with van der Waals surface area (Å²) >= 11 is 6.13. The zero-order valence-electron chi connectivity index (χ0n) is 10.5. The number of rotatable bonds is 3. The topological polar surface area (TPSA) is 26.3 Å². The first-order chi connectivity index (χ1) is 9.79. The molecule has 0 spiro atoms. The van der Waals surface area contributed by atoms with Gasteiger partial charge in [-0.3, -0.25) is 4.79 Å². The number of para-hydroxylation sites is 1. The predicted molar refractivity (Wildman–Crippen MR) is 80.9 cm³/mol. The molecule has 2 nitrogen and oxygen atoms in total. The highest BCUT2D eigenvalue weighted by atomic mass is 35.5. The van der Waals surface area contributed by atoms with Gasteiger partial charge in [-0.25, -0.2) is 0 Å². The summed E-state index contributed by atoms with van der Waals surface area (Å²) in [6.45, 7) is 0. The minimum atomic E-state index is 0.389. The number of halogens is 1. The van der Waals surface area contributed by atoms with Crippen molar-refractivity contribution in [1.29, 1.82) is 0 Å². The van der Waals surface area contributed by atoms with E-state index in [1.165, 1.54) is 0 Å². The summed E-state index contributed by atoms with van der Waals surface area (Å²) in [4.78, 5) is 11.1. The molecule has 0 unspecified atom stereocenters. The summed E-state index contributed by atoms with van der Waals surface area (Å²) in [5, 5.41) is 2.47. The van der Waals surface area contributed by atoms with E-state index in [2.05, 4.69) is 0 Å². The second kappa shape index (κ2) is 5.35. The summed E-state index contributed by atoms with van der Waals surface area (Å²) in [6.07, 6.45) is 0.742. The fourth-order valence-corrected chi connectivity index (χ4v) is 2.34. The quantitative estimate of drug-likeness (QED) is 0.625. The standard InChI is InChI=1S/C17H11ClO2/c18-15-9-3-7-13(11-19)17(15)20-16-10-4-6-12-5-1-2-8-14(12)16/h1-11H. The Morgan fingerprint density at radius 3 is 2.50 bits per heavy atom. The molecule has 0 N–H and O–H groups in total. The minimum Gasteiger partial charge on any atom is -0.454 e. The van der Waals surface area contributed by atoms with E-state index in [0.717, 1.165) is 17.1 Å². The fourth-order valence-electron chi connectivity index (χ4n) is 2.12. The molecule has 3 aromatic carbocycles. The van der Waals surface area contributed by atoms with Gasteiger partial charge in [0.1, 0.15) is 5.75 Å². The lowest BCUT2D eigenvalue weighted by Gasteiger charge is -2.11. The number of hydrogen-bond acceptors (Lipinski definition) is 2. The van der Waals surface area contributed by atoms with Crippen molar-refractivity contribution in [2.45, 2.75) is 0 Å². The van der Waals surface area contributed by atoms with Crippen molar-refractivity contribution in [1.82, 2.24) is 0 Å². The van der Waals surface area contributed by atoms with Crippen LogP contribution < -0.4 is 4.74 Å². The maximum Gasteiger partial charge on any atom is 0.156 e. The summed E-state index contributed by atoms with van der Waals surface area (Å²) in [5.74, 6) is 1.07. The highest BCUT2D eigenvalue weighted by molar-refractivity contribution is 6.32. The molecule has 0 aliphatic heterocycles. The average Bonchev–Trinajstić information content (AvgIpc) is 2.49. The normalized spacial score (nSPS) is 10.4. The SMILES string of the molecule is O=Cc1cccc(Cl)c1Oc1cccc2ccccc12. The molecule has 0 fully saturated rings. The van der Waals surface area contributed by atoms with E-state index >= 15 is 0 Å². The molecule has 98 valence electrons. The molecule has 0 aromatic heterocycles. The van der Waals surface area contributed by atoms with Crippen LogP contribution in [0.3, 0.4) is 0 Å². The molecule has 0 saturated carbocycles. The Balaban J connectivity index is 2.13. The molecular formula is C17H11ClO2. The molecule has 0 atom stereocenters. The third kappa shape index (κ3) is 2.26. The van der Waals surface area contributed by atoms with Crippen LogP contribution in [0.2, 0.25) is 5.02 Å². The number of ether oxygens (including phenoxy) is 1. The van der Waals surface area contributed by atoms with Crippen LogP contribution in [-0.2, 0) is 0 Å². The summed E-state index contributed by atoms with van der Waals surface area (Å²) < 4.78 is 5.88. The Hall–Kier alpha value is -2.32. The van der Waals surface area contributed by atoms with Crippen molar-refractivity contribution in [3.8, 4) is 11.5 Å². The molecule has 0 amide bonds. The lowest BCUT2D eigenvalue weighted by atomic mass is 10.1. The highest BCUT2D eigenvalue weighted by Crippen LogP contribution is 2.35. The van der Waals surface area contributed by atoms with Crippen LogP contribution in [0.15, 0.2) is 60.7 Å². The number of aldehydes is 1. The second-order valence-electron chi connectivity index (χ2n) is 4.36. The van der Waals surface area contributed by atoms with E-state index in [1.807, 2.05) is 42.5 Å². The van der Waals surface area contributed by atoms with Crippen molar-refractivity contribution in [3.63, 3.8) is 0 Å². The Morgan fingerprint density at radius 2 is 1.65 bits per heavy atom. The molecule has 0 aliphatic rings. The summed E-state index contributed by atoms with van der Waals surface area (Å²) in [7, 11) is 0. The molecule has 3 heteroatoms. The van der Waals surface area contributed by atoms with Crippen molar-refractivity contribution in [2.75, 3.05) is 0 Å². The van der Waals surface area contributed by atoms with Crippen LogP contribution in [0, 0.1) is 0 Å². The zero-order chi connectivity index (χ0) is 13.9. The van der Waals surface area contributed by atoms with Crippen molar-refractivity contribution < 1.29 is 9.53 Å². The van der Waals surface area contributed by atoms with Gasteiger partial charge < -0.3 is 4.74 Å². The van der Waals surface area contributed by atoms with Crippen LogP contribution in [0.4, 0.5) is 0 Å². The maximum atomic E-state index is 11.1. The van der Waals surface area contributed by atoms with Gasteiger partial charge >= 0.3 is 0 Å². The van der Waals surface area contributed by atoms with Crippen molar-refractivity contribution >= 4 is 28.7 Å². The van der Waals surface area contributed by atoms with Crippen molar-refractivity contribution in [3.05, 3.63) is 71.2 Å². The van der Waals surface area contributed by atoms with Gasteiger partial charge in [0.25, 0.3) is 0 Å². The first kappa shape index (κ1) is 12.7. The van der Waals surface area contributed by atoms with Crippen molar-refractivity contribution in [2.24, 2.45) is 0 Å². The number of hydrogen-bond donors (Lipinski definition) is 0. The Labute approximate surface area is 121 Å². The van der Waals surface area contributed by atoms with Crippen LogP contribution in [0.1, 0.15) is 10.4 Å². The van der Waals surface area contributed by atoms with Crippen LogP contribution in [-0.4, -0.2) is 6.29 Å². The fraction of sp³-hybridized carbons (Fsp3) is 0. The lowest BCUT2D eigenvalue weighted by Crippen LogP contribution is -1.92. The minimum absolute atomic E-state index is 0.389. The highest BCUT2D eigenvalue weighted by Gasteiger charge is 2.10. The van der Waals surface area contributed by atoms with Gasteiger partial charge in [0.2, 0.25) is 0 Å². The summed E-state index contributed by atoms with van der Waals surface area (Å²) in [6, 6.07) is 18.8. The third-order valence-corrected chi connectivity index (χ3v) is 3.38. The van der Waals surface area contributed by atoms with Crippen LogP contribution in [0.25, 0.3) is 10.8 Å². The molecule has 20 heavy (non-hydrogen) atoms. The Morgan fingerprint density at radius 1 is 0.900 bits per heavy atom. The average molecular weight is 283 g/mol. The van der Waals surface area contributed by atoms with E-state index in [1.54, 1.807) is 18.2 Å². The van der Waals surface area contributed by atoms with Gasteiger partial charge in [0.15, 0.2) is 12.0 Å². The third-order valence-electron chi connectivity index (χ3n) is 3.09. The molecule has 0 aliphatic carbocycles. The first-order valence-corrected chi connectivity index (χ1v) is 6.56. The second-order valence-corrected chi connectivity index (χ2v) is 4.76. The number of carbonyl (C=O) groups is 1.